The molecule has 0 bridgehead atoms. The maximum atomic E-state index is 11.5. The third-order valence-electron chi connectivity index (χ3n) is 3.53. The van der Waals surface area contributed by atoms with E-state index < -0.39 is 0 Å². The maximum Gasteiger partial charge on any atom is 0.307 e. The summed E-state index contributed by atoms with van der Waals surface area (Å²) in [4.78, 5) is 24.1. The zero-order valence-electron chi connectivity index (χ0n) is 13.7. The van der Waals surface area contributed by atoms with Gasteiger partial charge in [0, 0.05) is 36.6 Å². The molecule has 0 aliphatic rings. The van der Waals surface area contributed by atoms with Crippen molar-refractivity contribution >= 4 is 48.5 Å². The minimum absolute atomic E-state index is 0.188. The molecule has 8 heteroatoms. The van der Waals surface area contributed by atoms with Crippen molar-refractivity contribution in [3.63, 3.8) is 0 Å². The van der Waals surface area contributed by atoms with Crippen LogP contribution < -0.4 is 10.1 Å². The quantitative estimate of drug-likeness (QED) is 0.263. The van der Waals surface area contributed by atoms with E-state index in [9.17, 15) is 9.59 Å². The molecule has 0 fully saturated rings. The molecule has 0 aromatic heterocycles. The van der Waals surface area contributed by atoms with Crippen LogP contribution in [-0.4, -0.2) is 57.6 Å². The summed E-state index contributed by atoms with van der Waals surface area (Å²) in [7, 11) is 2.64. The van der Waals surface area contributed by atoms with Gasteiger partial charge in [-0.1, -0.05) is 12.1 Å². The van der Waals surface area contributed by atoms with E-state index in [0.717, 1.165) is 24.3 Å². The Hall–Kier alpha value is -1.24. The highest BCUT2D eigenvalue weighted by Crippen LogP contribution is 2.17. The SMILES string of the molecule is COC(=O)C[C@H](Cc1ccc(N(CCCl)CCCl)cc1)N[B]C=O. The number of esters is 1. The minimum Gasteiger partial charge on any atom is -0.469 e. The largest absolute Gasteiger partial charge is 0.469 e. The van der Waals surface area contributed by atoms with Gasteiger partial charge >= 0.3 is 5.97 Å². The highest BCUT2D eigenvalue weighted by molar-refractivity contribution is 6.64. The monoisotopic (exact) mass is 371 g/mol. The van der Waals surface area contributed by atoms with Gasteiger partial charge in [0.25, 0.3) is 7.41 Å². The van der Waals surface area contributed by atoms with Crippen LogP contribution in [-0.2, 0) is 20.7 Å². The molecule has 1 aromatic rings. The number of ether oxygens (including phenoxy) is 1. The Kier molecular flexibility index (Phi) is 10.6. The van der Waals surface area contributed by atoms with E-state index in [-0.39, 0.29) is 18.4 Å². The van der Waals surface area contributed by atoms with Crippen molar-refractivity contribution in [1.82, 2.24) is 5.23 Å². The predicted octanol–water partition coefficient (Wildman–Crippen LogP) is 1.84. The molecule has 0 aliphatic carbocycles. The van der Waals surface area contributed by atoms with Crippen molar-refractivity contribution in [2.75, 3.05) is 36.9 Å². The Morgan fingerprint density at radius 2 is 1.92 bits per heavy atom. The number of nitrogens with one attached hydrogen (secondary N) is 1. The molecule has 0 unspecified atom stereocenters. The summed E-state index contributed by atoms with van der Waals surface area (Å²) in [5.41, 5.74) is 2.10. The molecule has 24 heavy (non-hydrogen) atoms. The molecule has 0 saturated carbocycles. The summed E-state index contributed by atoms with van der Waals surface area (Å²) in [5, 5.41) is 2.92. The molecule has 0 amide bonds. The van der Waals surface area contributed by atoms with E-state index in [4.69, 9.17) is 23.2 Å². The number of anilines is 1. The van der Waals surface area contributed by atoms with E-state index in [0.29, 0.717) is 24.4 Å². The van der Waals surface area contributed by atoms with Crippen molar-refractivity contribution in [2.24, 2.45) is 0 Å². The van der Waals surface area contributed by atoms with Crippen molar-refractivity contribution < 1.29 is 14.3 Å². The number of carbonyl (C=O) groups excluding carboxylic acids is 2. The lowest BCUT2D eigenvalue weighted by Gasteiger charge is -2.23. The normalized spacial score (nSPS) is 11.6. The second-order valence-electron chi connectivity index (χ2n) is 5.18. The number of nitrogens with zero attached hydrogens (tertiary/aromatic N) is 1. The molecular formula is C16H22BCl2N2O3. The van der Waals surface area contributed by atoms with E-state index >= 15 is 0 Å². The molecular weight excluding hydrogens is 350 g/mol. The first-order chi connectivity index (χ1) is 11.6. The van der Waals surface area contributed by atoms with Crippen molar-refractivity contribution in [3.8, 4) is 0 Å². The first kappa shape index (κ1) is 20.8. The van der Waals surface area contributed by atoms with E-state index in [1.165, 1.54) is 14.5 Å². The Labute approximate surface area is 153 Å². The molecule has 1 aromatic carbocycles. The fourth-order valence-corrected chi connectivity index (χ4v) is 2.76. The van der Waals surface area contributed by atoms with Gasteiger partial charge in [-0.15, -0.1) is 23.2 Å². The maximum absolute atomic E-state index is 11.5. The second kappa shape index (κ2) is 12.2. The van der Waals surface area contributed by atoms with E-state index in [2.05, 4.69) is 14.9 Å². The van der Waals surface area contributed by atoms with Gasteiger partial charge in [-0.05, 0) is 24.1 Å². The van der Waals surface area contributed by atoms with Crippen molar-refractivity contribution in [2.45, 2.75) is 18.9 Å². The molecule has 1 atom stereocenters. The number of alkyl halides is 2. The van der Waals surface area contributed by atoms with Gasteiger partial charge in [0.05, 0.1) is 19.7 Å². The highest BCUT2D eigenvalue weighted by atomic mass is 35.5. The Balaban J connectivity index is 2.73. The van der Waals surface area contributed by atoms with E-state index in [1.54, 1.807) is 0 Å². The Morgan fingerprint density at radius 1 is 1.29 bits per heavy atom. The van der Waals surface area contributed by atoms with Gasteiger partial charge in [0.1, 0.15) is 0 Å². The number of benzene rings is 1. The third-order valence-corrected chi connectivity index (χ3v) is 3.87. The Bertz CT molecular complexity index is 497. The molecule has 1 N–H and O–H groups in total. The van der Waals surface area contributed by atoms with Crippen LogP contribution in [0.4, 0.5) is 5.69 Å². The summed E-state index contributed by atoms with van der Waals surface area (Å²) >= 11 is 11.6. The van der Waals surface area contributed by atoms with Crippen LogP contribution in [0.2, 0.25) is 0 Å². The third kappa shape index (κ3) is 7.56. The number of halogens is 2. The van der Waals surface area contributed by atoms with Crippen LogP contribution in [0.3, 0.4) is 0 Å². The average molecular weight is 372 g/mol. The molecule has 1 radical (unpaired) electrons. The average Bonchev–Trinajstić information content (AvgIpc) is 2.60. The topological polar surface area (TPSA) is 58.6 Å². The molecule has 1 rings (SSSR count). The summed E-state index contributed by atoms with van der Waals surface area (Å²) < 4.78 is 4.69. The van der Waals surface area contributed by atoms with Crippen LogP contribution in [0.25, 0.3) is 0 Å². The first-order valence-corrected chi connectivity index (χ1v) is 8.77. The molecule has 0 spiro atoms. The second-order valence-corrected chi connectivity index (χ2v) is 5.94. The van der Waals surface area contributed by atoms with Crippen LogP contribution in [0.15, 0.2) is 24.3 Å². The smallest absolute Gasteiger partial charge is 0.307 e. The molecule has 0 aliphatic heterocycles. The van der Waals surface area contributed by atoms with Gasteiger partial charge in [0.15, 0.2) is 0 Å². The lowest BCUT2D eigenvalue weighted by atomic mass is 9.92. The van der Waals surface area contributed by atoms with Gasteiger partial charge in [-0.3, -0.25) is 4.79 Å². The number of carbonyl (C=O) groups is 2. The molecule has 131 valence electrons. The number of hydrogen-bond acceptors (Lipinski definition) is 5. The standard InChI is InChI=1S/C16H22BCl2N2O3/c1-24-16(23)11-14(20-17-12-22)10-13-2-4-15(5-3-13)21(8-6-18)9-7-19/h2-5,12,14,20H,6-11H2,1H3/t14-/m0/s1. The summed E-state index contributed by atoms with van der Waals surface area (Å²) in [5.74, 6) is 0.746. The number of hydrogen-bond donors (Lipinski definition) is 1. The van der Waals surface area contributed by atoms with Crippen LogP contribution in [0.5, 0.6) is 0 Å². The van der Waals surface area contributed by atoms with Crippen LogP contribution >= 0.6 is 23.2 Å². The van der Waals surface area contributed by atoms with E-state index in [1.807, 2.05) is 24.3 Å². The Morgan fingerprint density at radius 3 is 2.42 bits per heavy atom. The van der Waals surface area contributed by atoms with Crippen LogP contribution in [0, 0.1) is 0 Å². The van der Waals surface area contributed by atoms with Gasteiger partial charge < -0.3 is 19.7 Å². The van der Waals surface area contributed by atoms with Crippen LogP contribution in [0.1, 0.15) is 12.0 Å². The first-order valence-electron chi connectivity index (χ1n) is 7.70. The van der Waals surface area contributed by atoms with Gasteiger partial charge in [-0.2, -0.15) is 0 Å². The summed E-state index contributed by atoms with van der Waals surface area (Å²) in [6.07, 6.45) is 1.45. The summed E-state index contributed by atoms with van der Waals surface area (Å²) in [6, 6.07) is 7.81. The lowest BCUT2D eigenvalue weighted by Crippen LogP contribution is -2.37. The molecule has 5 nitrogen and oxygen atoms in total. The highest BCUT2D eigenvalue weighted by Gasteiger charge is 2.15. The van der Waals surface area contributed by atoms with Gasteiger partial charge in [0.2, 0.25) is 0 Å². The minimum atomic E-state index is -0.321. The van der Waals surface area contributed by atoms with Crippen molar-refractivity contribution in [3.05, 3.63) is 29.8 Å². The number of methoxy groups -OCH3 is 1. The zero-order chi connectivity index (χ0) is 17.8. The molecule has 0 heterocycles. The lowest BCUT2D eigenvalue weighted by molar-refractivity contribution is -0.141. The number of rotatable bonds is 12. The molecule has 0 saturated heterocycles. The van der Waals surface area contributed by atoms with Crippen molar-refractivity contribution in [1.29, 1.82) is 0 Å². The predicted molar refractivity (Wildman–Crippen MR) is 99.9 cm³/mol. The fraction of sp³-hybridized carbons (Fsp3) is 0.500. The zero-order valence-corrected chi connectivity index (χ0v) is 15.2. The summed E-state index contributed by atoms with van der Waals surface area (Å²) in [6.45, 7) is 1.46. The van der Waals surface area contributed by atoms with Gasteiger partial charge in [-0.25, -0.2) is 0 Å². The fourth-order valence-electron chi connectivity index (χ4n) is 2.35.